The topological polar surface area (TPSA) is 75.1 Å². The quantitative estimate of drug-likeness (QED) is 0.562. The molecule has 0 saturated carbocycles. The third kappa shape index (κ3) is 2.78. The van der Waals surface area contributed by atoms with Crippen LogP contribution in [-0.2, 0) is 13.7 Å². The zero-order valence-electron chi connectivity index (χ0n) is 13.2. The highest BCUT2D eigenvalue weighted by Crippen LogP contribution is 2.24. The predicted octanol–water partition coefficient (Wildman–Crippen LogP) is 2.94. The summed E-state index contributed by atoms with van der Waals surface area (Å²) in [6, 6.07) is 14.7. The third-order valence-corrected chi connectivity index (χ3v) is 3.92. The van der Waals surface area contributed by atoms with Crippen LogP contribution in [0.1, 0.15) is 5.89 Å². The van der Waals surface area contributed by atoms with E-state index in [4.69, 9.17) is 20.8 Å². The van der Waals surface area contributed by atoms with Gasteiger partial charge >= 0.3 is 5.69 Å². The molecule has 4 aromatic rings. The maximum Gasteiger partial charge on any atom is 0.351 e. The first-order valence-corrected chi connectivity index (χ1v) is 7.89. The van der Waals surface area contributed by atoms with Gasteiger partial charge in [0.05, 0.1) is 5.69 Å². The molecular formula is C17H13ClN4O3. The van der Waals surface area contributed by atoms with Crippen molar-refractivity contribution in [3.63, 3.8) is 0 Å². The number of para-hydroxylation sites is 2. The number of oxazole rings is 1. The highest BCUT2D eigenvalue weighted by atomic mass is 35.5. The number of benzene rings is 2. The standard InChI is InChI=1S/C17H13ClN4O3/c1-21-17(23)22(16(18)20-21)12-8-5-9-13-15(12)19-14(25-13)10-24-11-6-3-2-4-7-11/h2-9H,10H2,1H3. The minimum atomic E-state index is -0.359. The fourth-order valence-electron chi connectivity index (χ4n) is 2.52. The Labute approximate surface area is 147 Å². The Morgan fingerprint density at radius 3 is 2.68 bits per heavy atom. The Morgan fingerprint density at radius 1 is 1.16 bits per heavy atom. The van der Waals surface area contributed by atoms with Crippen molar-refractivity contribution in [2.24, 2.45) is 7.05 Å². The second-order valence-corrected chi connectivity index (χ2v) is 5.68. The summed E-state index contributed by atoms with van der Waals surface area (Å²) < 4.78 is 13.8. The summed E-state index contributed by atoms with van der Waals surface area (Å²) in [4.78, 5) is 16.7. The number of rotatable bonds is 4. The van der Waals surface area contributed by atoms with E-state index in [1.807, 2.05) is 30.3 Å². The summed E-state index contributed by atoms with van der Waals surface area (Å²) in [6.07, 6.45) is 0. The Hall–Kier alpha value is -3.06. The van der Waals surface area contributed by atoms with E-state index in [1.165, 1.54) is 16.3 Å². The van der Waals surface area contributed by atoms with Gasteiger partial charge in [-0.15, -0.1) is 5.10 Å². The molecule has 0 amide bonds. The van der Waals surface area contributed by atoms with Crippen LogP contribution >= 0.6 is 11.6 Å². The van der Waals surface area contributed by atoms with Crippen LogP contribution in [0.25, 0.3) is 16.8 Å². The number of fused-ring (bicyclic) bond motifs is 1. The molecule has 2 aromatic carbocycles. The molecule has 0 aliphatic rings. The summed E-state index contributed by atoms with van der Waals surface area (Å²) in [5.41, 5.74) is 1.21. The van der Waals surface area contributed by atoms with Crippen LogP contribution in [0.4, 0.5) is 0 Å². The molecule has 0 saturated heterocycles. The highest BCUT2D eigenvalue weighted by Gasteiger charge is 2.17. The van der Waals surface area contributed by atoms with Crippen LogP contribution in [0.5, 0.6) is 5.75 Å². The fraction of sp³-hybridized carbons (Fsp3) is 0.118. The summed E-state index contributed by atoms with van der Waals surface area (Å²) >= 11 is 6.08. The Balaban J connectivity index is 1.73. The van der Waals surface area contributed by atoms with Crippen LogP contribution in [0.15, 0.2) is 57.7 Å². The average Bonchev–Trinajstić information content (AvgIpc) is 3.15. The zero-order valence-corrected chi connectivity index (χ0v) is 14.0. The van der Waals surface area contributed by atoms with Gasteiger partial charge in [0.2, 0.25) is 11.2 Å². The number of halogens is 1. The molecule has 0 atom stereocenters. The SMILES string of the molecule is Cn1nc(Cl)n(-c2cccc3oc(COc4ccccc4)nc23)c1=O. The van der Waals surface area contributed by atoms with Gasteiger partial charge in [-0.2, -0.15) is 0 Å². The zero-order chi connectivity index (χ0) is 17.4. The third-order valence-electron chi connectivity index (χ3n) is 3.67. The molecule has 126 valence electrons. The molecule has 0 aliphatic carbocycles. The molecule has 0 N–H and O–H groups in total. The average molecular weight is 357 g/mol. The van der Waals surface area contributed by atoms with Gasteiger partial charge in [-0.1, -0.05) is 24.3 Å². The highest BCUT2D eigenvalue weighted by molar-refractivity contribution is 6.28. The minimum Gasteiger partial charge on any atom is -0.484 e. The molecule has 0 fully saturated rings. The first-order chi connectivity index (χ1) is 12.1. The molecule has 2 aromatic heterocycles. The lowest BCUT2D eigenvalue weighted by Crippen LogP contribution is -2.21. The summed E-state index contributed by atoms with van der Waals surface area (Å²) in [5, 5.41) is 3.99. The lowest BCUT2D eigenvalue weighted by Gasteiger charge is -2.02. The molecule has 0 radical (unpaired) electrons. The second kappa shape index (κ2) is 6.10. The van der Waals surface area contributed by atoms with E-state index in [9.17, 15) is 4.79 Å². The van der Waals surface area contributed by atoms with E-state index in [0.717, 1.165) is 5.75 Å². The van der Waals surface area contributed by atoms with Crippen LogP contribution in [-0.4, -0.2) is 19.3 Å². The van der Waals surface area contributed by atoms with Crippen molar-refractivity contribution in [1.82, 2.24) is 19.3 Å². The Bertz CT molecular complexity index is 1100. The minimum absolute atomic E-state index is 0.0603. The van der Waals surface area contributed by atoms with Crippen molar-refractivity contribution in [1.29, 1.82) is 0 Å². The van der Waals surface area contributed by atoms with Gasteiger partial charge in [0.1, 0.15) is 11.3 Å². The van der Waals surface area contributed by atoms with Gasteiger partial charge in [0.15, 0.2) is 12.2 Å². The van der Waals surface area contributed by atoms with Gasteiger partial charge in [0.25, 0.3) is 0 Å². The maximum absolute atomic E-state index is 12.2. The van der Waals surface area contributed by atoms with E-state index in [2.05, 4.69) is 10.1 Å². The van der Waals surface area contributed by atoms with Crippen LogP contribution in [0.3, 0.4) is 0 Å². The molecule has 0 unspecified atom stereocenters. The van der Waals surface area contributed by atoms with Gasteiger partial charge in [0, 0.05) is 7.05 Å². The second-order valence-electron chi connectivity index (χ2n) is 5.34. The van der Waals surface area contributed by atoms with Gasteiger partial charge in [-0.25, -0.2) is 19.0 Å². The van der Waals surface area contributed by atoms with Crippen molar-refractivity contribution >= 4 is 22.7 Å². The molecular weight excluding hydrogens is 344 g/mol. The normalized spacial score (nSPS) is 11.1. The summed E-state index contributed by atoms with van der Waals surface area (Å²) in [5.74, 6) is 1.12. The number of aryl methyl sites for hydroxylation is 1. The number of ether oxygens (including phenoxy) is 1. The lowest BCUT2D eigenvalue weighted by molar-refractivity contribution is 0.267. The molecule has 0 aliphatic heterocycles. The summed E-state index contributed by atoms with van der Waals surface area (Å²) in [6.45, 7) is 0.174. The van der Waals surface area contributed by atoms with Gasteiger partial charge in [-0.3, -0.25) is 0 Å². The predicted molar refractivity (Wildman–Crippen MR) is 92.2 cm³/mol. The molecule has 25 heavy (non-hydrogen) atoms. The molecule has 4 rings (SSSR count). The molecule has 0 spiro atoms. The molecule has 0 bridgehead atoms. The van der Waals surface area contributed by atoms with Crippen molar-refractivity contribution in [3.8, 4) is 11.4 Å². The van der Waals surface area contributed by atoms with Crippen molar-refractivity contribution in [2.45, 2.75) is 6.61 Å². The van der Waals surface area contributed by atoms with Crippen LogP contribution < -0.4 is 10.4 Å². The number of hydrogen-bond acceptors (Lipinski definition) is 5. The van der Waals surface area contributed by atoms with Crippen LogP contribution in [0, 0.1) is 0 Å². The Morgan fingerprint density at radius 2 is 1.96 bits per heavy atom. The number of aromatic nitrogens is 4. The summed E-state index contributed by atoms with van der Waals surface area (Å²) in [7, 11) is 1.53. The monoisotopic (exact) mass is 356 g/mol. The fourth-order valence-corrected chi connectivity index (χ4v) is 2.80. The van der Waals surface area contributed by atoms with Crippen molar-refractivity contribution in [2.75, 3.05) is 0 Å². The first kappa shape index (κ1) is 15.5. The van der Waals surface area contributed by atoms with Gasteiger partial charge < -0.3 is 9.15 Å². The number of nitrogens with zero attached hydrogens (tertiary/aromatic N) is 4. The smallest absolute Gasteiger partial charge is 0.351 e. The molecule has 8 heteroatoms. The number of hydrogen-bond donors (Lipinski definition) is 0. The van der Waals surface area contributed by atoms with E-state index >= 15 is 0 Å². The maximum atomic E-state index is 12.2. The van der Waals surface area contributed by atoms with E-state index < -0.39 is 0 Å². The molecule has 7 nitrogen and oxygen atoms in total. The first-order valence-electron chi connectivity index (χ1n) is 7.51. The largest absolute Gasteiger partial charge is 0.484 e. The lowest BCUT2D eigenvalue weighted by atomic mass is 10.3. The van der Waals surface area contributed by atoms with Crippen molar-refractivity contribution in [3.05, 3.63) is 70.2 Å². The van der Waals surface area contributed by atoms with Gasteiger partial charge in [-0.05, 0) is 35.9 Å². The van der Waals surface area contributed by atoms with Crippen LogP contribution in [0.2, 0.25) is 5.28 Å². The Kier molecular flexibility index (Phi) is 3.77. The van der Waals surface area contributed by atoms with E-state index in [0.29, 0.717) is 22.7 Å². The molecule has 2 heterocycles. The van der Waals surface area contributed by atoms with Crippen molar-refractivity contribution < 1.29 is 9.15 Å². The van der Waals surface area contributed by atoms with E-state index in [1.54, 1.807) is 18.2 Å². The van der Waals surface area contributed by atoms with E-state index in [-0.39, 0.29) is 17.6 Å².